The van der Waals surface area contributed by atoms with Gasteiger partial charge < -0.3 is 15.0 Å². The molecular weight excluding hydrogens is 309 g/mol. The smallest absolute Gasteiger partial charge is 0.322 e. The van der Waals surface area contributed by atoms with Gasteiger partial charge in [0.05, 0.1) is 17.9 Å². The zero-order valence-corrected chi connectivity index (χ0v) is 14.4. The third kappa shape index (κ3) is 4.05. The molecule has 1 aromatic carbocycles. The molecule has 2 aliphatic heterocycles. The Morgan fingerprint density at radius 1 is 1.29 bits per heavy atom. The first-order chi connectivity index (χ1) is 11.5. The topological polar surface area (TPSA) is 44.8 Å². The summed E-state index contributed by atoms with van der Waals surface area (Å²) in [5, 5.41) is 2.71. The second-order valence-electron chi connectivity index (χ2n) is 6.88. The predicted octanol–water partition coefficient (Wildman–Crippen LogP) is 2.93. The molecule has 2 aliphatic rings. The Labute approximate surface area is 142 Å². The van der Waals surface area contributed by atoms with Crippen molar-refractivity contribution in [3.8, 4) is 0 Å². The third-order valence-corrected chi connectivity index (χ3v) is 4.72. The molecule has 132 valence electrons. The van der Waals surface area contributed by atoms with Crippen LogP contribution in [0.15, 0.2) is 24.3 Å². The van der Waals surface area contributed by atoms with Gasteiger partial charge in [-0.1, -0.05) is 12.1 Å². The van der Waals surface area contributed by atoms with Crippen LogP contribution in [-0.4, -0.2) is 60.3 Å². The van der Waals surface area contributed by atoms with Gasteiger partial charge in [-0.15, -0.1) is 0 Å². The summed E-state index contributed by atoms with van der Waals surface area (Å²) in [6, 6.07) is 6.24. The maximum Gasteiger partial charge on any atom is 0.322 e. The summed E-state index contributed by atoms with van der Waals surface area (Å²) in [7, 11) is 0. The molecule has 1 aromatic rings. The monoisotopic (exact) mass is 335 g/mol. The molecule has 1 N–H and O–H groups in total. The highest BCUT2D eigenvalue weighted by Gasteiger charge is 2.32. The van der Waals surface area contributed by atoms with E-state index in [4.69, 9.17) is 4.74 Å². The zero-order chi connectivity index (χ0) is 17.1. The van der Waals surface area contributed by atoms with Gasteiger partial charge in [0.15, 0.2) is 0 Å². The number of likely N-dealkylation sites (tertiary alicyclic amines) is 1. The molecular formula is C18H26FN3O2. The van der Waals surface area contributed by atoms with Crippen molar-refractivity contribution in [3.05, 3.63) is 30.1 Å². The molecule has 24 heavy (non-hydrogen) atoms. The first-order valence-electron chi connectivity index (χ1n) is 8.73. The van der Waals surface area contributed by atoms with Crippen LogP contribution in [0.1, 0.15) is 26.7 Å². The summed E-state index contributed by atoms with van der Waals surface area (Å²) >= 11 is 0. The molecule has 3 rings (SSSR count). The molecule has 3 atom stereocenters. The minimum Gasteiger partial charge on any atom is -0.373 e. The second kappa shape index (κ2) is 7.49. The number of para-hydroxylation sites is 1. The highest BCUT2D eigenvalue weighted by Crippen LogP contribution is 2.22. The largest absolute Gasteiger partial charge is 0.373 e. The number of nitrogens with one attached hydrogen (secondary N) is 1. The van der Waals surface area contributed by atoms with Crippen molar-refractivity contribution in [1.82, 2.24) is 9.80 Å². The molecule has 2 fully saturated rings. The van der Waals surface area contributed by atoms with E-state index in [0.29, 0.717) is 0 Å². The first-order valence-corrected chi connectivity index (χ1v) is 8.73. The number of benzene rings is 1. The lowest BCUT2D eigenvalue weighted by Gasteiger charge is -2.38. The normalized spacial score (nSPS) is 28.1. The van der Waals surface area contributed by atoms with Crippen LogP contribution in [0.4, 0.5) is 14.9 Å². The Morgan fingerprint density at radius 2 is 2.00 bits per heavy atom. The molecule has 0 radical (unpaired) electrons. The number of rotatable bonds is 3. The summed E-state index contributed by atoms with van der Waals surface area (Å²) in [6.07, 6.45) is 2.42. The van der Waals surface area contributed by atoms with E-state index < -0.39 is 5.82 Å². The molecule has 0 aromatic heterocycles. The van der Waals surface area contributed by atoms with Gasteiger partial charge in [-0.25, -0.2) is 9.18 Å². The maximum absolute atomic E-state index is 13.7. The van der Waals surface area contributed by atoms with Crippen LogP contribution < -0.4 is 5.32 Å². The van der Waals surface area contributed by atoms with Crippen LogP contribution in [0.2, 0.25) is 0 Å². The summed E-state index contributed by atoms with van der Waals surface area (Å²) in [6.45, 7) is 7.52. The summed E-state index contributed by atoms with van der Waals surface area (Å²) in [5.74, 6) is -0.405. The maximum atomic E-state index is 13.7. The van der Waals surface area contributed by atoms with Crippen LogP contribution in [-0.2, 0) is 4.74 Å². The second-order valence-corrected chi connectivity index (χ2v) is 6.88. The molecule has 2 amide bonds. The number of morpholine rings is 1. The van der Waals surface area contributed by atoms with Crippen molar-refractivity contribution in [2.24, 2.45) is 0 Å². The van der Waals surface area contributed by atoms with Gasteiger partial charge in [0.1, 0.15) is 5.82 Å². The lowest BCUT2D eigenvalue weighted by molar-refractivity contribution is -0.0712. The number of halogens is 1. The van der Waals surface area contributed by atoms with E-state index in [1.54, 1.807) is 18.2 Å². The van der Waals surface area contributed by atoms with Crippen molar-refractivity contribution >= 4 is 11.7 Å². The Hall–Kier alpha value is -1.66. The van der Waals surface area contributed by atoms with E-state index in [1.165, 1.54) is 6.07 Å². The molecule has 0 saturated carbocycles. The Morgan fingerprint density at radius 3 is 2.71 bits per heavy atom. The fraction of sp³-hybridized carbons (Fsp3) is 0.611. The van der Waals surface area contributed by atoms with Gasteiger partial charge in [0.25, 0.3) is 0 Å². The van der Waals surface area contributed by atoms with Crippen molar-refractivity contribution < 1.29 is 13.9 Å². The minimum atomic E-state index is -0.405. The van der Waals surface area contributed by atoms with Crippen LogP contribution in [0.5, 0.6) is 0 Å². The number of amides is 2. The number of nitrogens with zero attached hydrogens (tertiary/aromatic N) is 2. The van der Waals surface area contributed by atoms with Gasteiger partial charge in [0, 0.05) is 32.2 Å². The van der Waals surface area contributed by atoms with Crippen LogP contribution in [0.3, 0.4) is 0 Å². The highest BCUT2D eigenvalue weighted by atomic mass is 19.1. The van der Waals surface area contributed by atoms with E-state index in [1.807, 2.05) is 4.90 Å². The van der Waals surface area contributed by atoms with Gasteiger partial charge in [-0.3, -0.25) is 4.90 Å². The molecule has 0 bridgehead atoms. The summed E-state index contributed by atoms with van der Waals surface area (Å²) in [5.41, 5.74) is 0.238. The van der Waals surface area contributed by atoms with E-state index in [9.17, 15) is 9.18 Å². The van der Waals surface area contributed by atoms with Gasteiger partial charge >= 0.3 is 6.03 Å². The molecule has 2 saturated heterocycles. The van der Waals surface area contributed by atoms with Crippen molar-refractivity contribution in [3.63, 3.8) is 0 Å². The molecule has 5 nitrogen and oxygen atoms in total. The number of ether oxygens (including phenoxy) is 1. The average Bonchev–Trinajstić information content (AvgIpc) is 2.96. The van der Waals surface area contributed by atoms with Crippen molar-refractivity contribution in [1.29, 1.82) is 0 Å². The van der Waals surface area contributed by atoms with E-state index >= 15 is 0 Å². The van der Waals surface area contributed by atoms with E-state index in [-0.39, 0.29) is 30.0 Å². The Kier molecular flexibility index (Phi) is 5.36. The molecule has 0 spiro atoms. The minimum absolute atomic E-state index is 0.175. The molecule has 2 heterocycles. The third-order valence-electron chi connectivity index (χ3n) is 4.72. The molecule has 0 unspecified atom stereocenters. The lowest BCUT2D eigenvalue weighted by Crippen LogP contribution is -2.51. The number of carbonyl (C=O) groups excluding carboxylic acids is 1. The van der Waals surface area contributed by atoms with Crippen LogP contribution >= 0.6 is 0 Å². The summed E-state index contributed by atoms with van der Waals surface area (Å²) < 4.78 is 19.5. The number of urea groups is 1. The zero-order valence-electron chi connectivity index (χ0n) is 14.4. The fourth-order valence-electron chi connectivity index (χ4n) is 3.77. The number of anilines is 1. The van der Waals surface area contributed by atoms with Crippen LogP contribution in [0, 0.1) is 5.82 Å². The summed E-state index contributed by atoms with van der Waals surface area (Å²) in [4.78, 5) is 16.8. The van der Waals surface area contributed by atoms with E-state index in [2.05, 4.69) is 24.1 Å². The van der Waals surface area contributed by atoms with Gasteiger partial charge in [-0.2, -0.15) is 0 Å². The fourth-order valence-corrected chi connectivity index (χ4v) is 3.77. The SMILES string of the molecule is C[C@@H]1CN(C[C@@H]2CCCN2C(=O)Nc2ccccc2F)C[C@@H](C)O1. The highest BCUT2D eigenvalue weighted by molar-refractivity contribution is 5.89. The first kappa shape index (κ1) is 17.2. The standard InChI is InChI=1S/C18H26FN3O2/c1-13-10-21(11-14(2)24-13)12-15-6-5-9-22(15)18(23)20-17-8-4-3-7-16(17)19/h3-4,7-8,13-15H,5-6,9-12H2,1-2H3,(H,20,23)/t13-,14-,15+/m1/s1. The molecule has 6 heteroatoms. The Balaban J connectivity index is 1.60. The van der Waals surface area contributed by atoms with Gasteiger partial charge in [-0.05, 0) is 38.8 Å². The predicted molar refractivity (Wildman–Crippen MR) is 91.6 cm³/mol. The number of hydrogen-bond acceptors (Lipinski definition) is 3. The quantitative estimate of drug-likeness (QED) is 0.924. The molecule has 0 aliphatic carbocycles. The average molecular weight is 335 g/mol. The van der Waals surface area contributed by atoms with Crippen LogP contribution in [0.25, 0.3) is 0 Å². The van der Waals surface area contributed by atoms with Crippen molar-refractivity contribution in [2.45, 2.75) is 44.9 Å². The van der Waals surface area contributed by atoms with E-state index in [0.717, 1.165) is 39.0 Å². The Bertz CT molecular complexity index is 573. The number of carbonyl (C=O) groups is 1. The van der Waals surface area contributed by atoms with Gasteiger partial charge in [0.2, 0.25) is 0 Å². The van der Waals surface area contributed by atoms with Crippen molar-refractivity contribution in [2.75, 3.05) is 31.5 Å². The number of hydrogen-bond donors (Lipinski definition) is 1. The lowest BCUT2D eigenvalue weighted by atomic mass is 10.1.